The fourth-order valence-electron chi connectivity index (χ4n) is 1.85. The van der Waals surface area contributed by atoms with Gasteiger partial charge in [-0.3, -0.25) is 0 Å². The molecule has 0 spiro atoms. The fraction of sp³-hybridized carbons (Fsp3) is 0.800. The lowest BCUT2D eigenvalue weighted by atomic mass is 10.2. The topological polar surface area (TPSA) is 34.1 Å². The van der Waals surface area contributed by atoms with Gasteiger partial charge in [0.1, 0.15) is 0 Å². The zero-order valence-corrected chi connectivity index (χ0v) is 13.4. The van der Waals surface area contributed by atoms with Crippen LogP contribution in [-0.2, 0) is 11.2 Å². The minimum Gasteiger partial charge on any atom is -0.381 e. The van der Waals surface area contributed by atoms with Crippen LogP contribution in [0.5, 0.6) is 0 Å². The van der Waals surface area contributed by atoms with E-state index in [-0.39, 0.29) is 0 Å². The van der Waals surface area contributed by atoms with Crippen LogP contribution in [0.25, 0.3) is 0 Å². The molecule has 0 amide bonds. The molecule has 0 unspecified atom stereocenters. The molecule has 110 valence electrons. The number of nitrogens with zero attached hydrogens (tertiary/aromatic N) is 1. The van der Waals surface area contributed by atoms with Gasteiger partial charge in [-0.05, 0) is 45.2 Å². The van der Waals surface area contributed by atoms with Crippen molar-refractivity contribution in [1.29, 1.82) is 0 Å². The van der Waals surface area contributed by atoms with Gasteiger partial charge in [-0.25, -0.2) is 4.98 Å². The van der Waals surface area contributed by atoms with Gasteiger partial charge in [0, 0.05) is 17.9 Å². The minimum absolute atomic E-state index is 0.749. The number of rotatable bonds is 11. The Kier molecular flexibility index (Phi) is 9.05. The molecule has 1 heterocycles. The van der Waals surface area contributed by atoms with Gasteiger partial charge in [-0.1, -0.05) is 13.8 Å². The van der Waals surface area contributed by atoms with Crippen molar-refractivity contribution in [2.24, 2.45) is 5.92 Å². The Morgan fingerprint density at radius 1 is 1.26 bits per heavy atom. The molecule has 0 bridgehead atoms. The highest BCUT2D eigenvalue weighted by Gasteiger charge is 2.00. The van der Waals surface area contributed by atoms with E-state index in [2.05, 4.69) is 31.1 Å². The summed E-state index contributed by atoms with van der Waals surface area (Å²) >= 11 is 1.73. The Morgan fingerprint density at radius 3 is 2.79 bits per heavy atom. The molecule has 1 rings (SSSR count). The zero-order chi connectivity index (χ0) is 13.9. The van der Waals surface area contributed by atoms with Crippen molar-refractivity contribution in [2.75, 3.05) is 26.3 Å². The molecule has 0 saturated carbocycles. The van der Waals surface area contributed by atoms with E-state index in [4.69, 9.17) is 4.74 Å². The van der Waals surface area contributed by atoms with Crippen molar-refractivity contribution in [3.05, 3.63) is 16.1 Å². The molecule has 1 aromatic heterocycles. The van der Waals surface area contributed by atoms with E-state index in [1.54, 1.807) is 11.3 Å². The maximum Gasteiger partial charge on any atom is 0.0797 e. The predicted octanol–water partition coefficient (Wildman–Crippen LogP) is 3.43. The lowest BCUT2D eigenvalue weighted by Crippen LogP contribution is -2.20. The van der Waals surface area contributed by atoms with Crippen LogP contribution in [0.15, 0.2) is 5.51 Å². The highest BCUT2D eigenvalue weighted by atomic mass is 32.1. The van der Waals surface area contributed by atoms with Crippen LogP contribution in [0.3, 0.4) is 0 Å². The molecule has 0 aliphatic carbocycles. The number of aryl methyl sites for hydroxylation is 1. The van der Waals surface area contributed by atoms with Gasteiger partial charge in [0.2, 0.25) is 0 Å². The van der Waals surface area contributed by atoms with Crippen LogP contribution in [-0.4, -0.2) is 31.3 Å². The van der Waals surface area contributed by atoms with E-state index < -0.39 is 0 Å². The van der Waals surface area contributed by atoms with Gasteiger partial charge in [0.25, 0.3) is 0 Å². The number of aromatic nitrogens is 1. The van der Waals surface area contributed by atoms with Gasteiger partial charge in [0.15, 0.2) is 0 Å². The molecule has 4 heteroatoms. The molecule has 3 nitrogen and oxygen atoms in total. The highest BCUT2D eigenvalue weighted by Crippen LogP contribution is 2.12. The number of unbranched alkanes of at least 4 members (excludes halogenated alkanes) is 2. The average molecular weight is 284 g/mol. The second-order valence-electron chi connectivity index (χ2n) is 5.38. The van der Waals surface area contributed by atoms with E-state index in [0.29, 0.717) is 0 Å². The molecule has 1 aromatic rings. The third-order valence-corrected chi connectivity index (χ3v) is 4.01. The third kappa shape index (κ3) is 8.35. The molecular formula is C15H28N2OS. The predicted molar refractivity (Wildman–Crippen MR) is 82.9 cm³/mol. The third-order valence-electron chi connectivity index (χ3n) is 3.01. The summed E-state index contributed by atoms with van der Waals surface area (Å²) < 4.78 is 5.67. The molecule has 0 fully saturated rings. The molecule has 0 aliphatic rings. The zero-order valence-electron chi connectivity index (χ0n) is 12.6. The van der Waals surface area contributed by atoms with Crippen LogP contribution in [0.1, 0.15) is 43.7 Å². The molecule has 19 heavy (non-hydrogen) atoms. The number of thiazole rings is 1. The number of ether oxygens (including phenoxy) is 1. The monoisotopic (exact) mass is 284 g/mol. The summed E-state index contributed by atoms with van der Waals surface area (Å²) in [5, 5.41) is 3.47. The van der Waals surface area contributed by atoms with Crippen molar-refractivity contribution < 1.29 is 4.74 Å². The normalized spacial score (nSPS) is 11.4. The van der Waals surface area contributed by atoms with Gasteiger partial charge in [-0.15, -0.1) is 11.3 Å². The summed E-state index contributed by atoms with van der Waals surface area (Å²) in [5.74, 6) is 0.749. The number of nitrogens with one attached hydrogen (secondary N) is 1. The fourth-order valence-corrected chi connectivity index (χ4v) is 2.62. The molecule has 0 radical (unpaired) electrons. The molecule has 1 N–H and O–H groups in total. The molecule has 0 atom stereocenters. The van der Waals surface area contributed by atoms with Gasteiger partial charge in [0.05, 0.1) is 17.8 Å². The van der Waals surface area contributed by atoms with E-state index in [1.807, 2.05) is 5.51 Å². The first kappa shape index (κ1) is 16.6. The van der Waals surface area contributed by atoms with Crippen molar-refractivity contribution in [1.82, 2.24) is 10.3 Å². The van der Waals surface area contributed by atoms with E-state index >= 15 is 0 Å². The second-order valence-corrected chi connectivity index (χ2v) is 6.32. The highest BCUT2D eigenvalue weighted by molar-refractivity contribution is 7.09. The maximum absolute atomic E-state index is 5.67. The number of hydrogen-bond acceptors (Lipinski definition) is 4. The standard InChI is InChI=1S/C15H28N2OS/c1-13(2)11-16-8-5-4-6-9-18-10-7-15-14(3)17-12-19-15/h12-13,16H,4-11H2,1-3H3. The smallest absolute Gasteiger partial charge is 0.0797 e. The Morgan fingerprint density at radius 2 is 2.11 bits per heavy atom. The Labute approximate surface area is 121 Å². The average Bonchev–Trinajstić information content (AvgIpc) is 2.77. The summed E-state index contributed by atoms with van der Waals surface area (Å²) in [6.07, 6.45) is 4.69. The molecule has 0 saturated heterocycles. The van der Waals surface area contributed by atoms with E-state index in [1.165, 1.54) is 24.1 Å². The lowest BCUT2D eigenvalue weighted by molar-refractivity contribution is 0.133. The quantitative estimate of drug-likeness (QED) is 0.632. The summed E-state index contributed by atoms with van der Waals surface area (Å²) in [6.45, 7) is 10.5. The number of hydrogen-bond donors (Lipinski definition) is 1. The van der Waals surface area contributed by atoms with Gasteiger partial charge < -0.3 is 10.1 Å². The van der Waals surface area contributed by atoms with Crippen LogP contribution in [0.2, 0.25) is 0 Å². The summed E-state index contributed by atoms with van der Waals surface area (Å²) in [7, 11) is 0. The summed E-state index contributed by atoms with van der Waals surface area (Å²) in [5.41, 5.74) is 3.07. The molecule has 0 aliphatic heterocycles. The largest absolute Gasteiger partial charge is 0.381 e. The molecule has 0 aromatic carbocycles. The SMILES string of the molecule is Cc1ncsc1CCOCCCCCNCC(C)C. The Bertz CT molecular complexity index is 326. The van der Waals surface area contributed by atoms with Crippen LogP contribution < -0.4 is 5.32 Å². The van der Waals surface area contributed by atoms with Crippen molar-refractivity contribution in [2.45, 2.75) is 46.5 Å². The Balaban J connectivity index is 1.83. The second kappa shape index (κ2) is 10.4. The molecular weight excluding hydrogens is 256 g/mol. The first-order valence-corrected chi connectivity index (χ1v) is 8.25. The Hall–Kier alpha value is -0.450. The van der Waals surface area contributed by atoms with E-state index in [9.17, 15) is 0 Å². The van der Waals surface area contributed by atoms with Crippen LogP contribution in [0.4, 0.5) is 0 Å². The first-order valence-electron chi connectivity index (χ1n) is 7.37. The van der Waals surface area contributed by atoms with Gasteiger partial charge >= 0.3 is 0 Å². The van der Waals surface area contributed by atoms with Crippen molar-refractivity contribution in [3.8, 4) is 0 Å². The van der Waals surface area contributed by atoms with E-state index in [0.717, 1.165) is 44.3 Å². The van der Waals surface area contributed by atoms with Crippen LogP contribution in [0, 0.1) is 12.8 Å². The van der Waals surface area contributed by atoms with Gasteiger partial charge in [-0.2, -0.15) is 0 Å². The minimum atomic E-state index is 0.749. The lowest BCUT2D eigenvalue weighted by Gasteiger charge is -2.07. The maximum atomic E-state index is 5.67. The van der Waals surface area contributed by atoms with Crippen molar-refractivity contribution >= 4 is 11.3 Å². The summed E-state index contributed by atoms with van der Waals surface area (Å²) in [4.78, 5) is 5.60. The van der Waals surface area contributed by atoms with Crippen molar-refractivity contribution in [3.63, 3.8) is 0 Å². The van der Waals surface area contributed by atoms with Crippen LogP contribution >= 0.6 is 11.3 Å². The summed E-state index contributed by atoms with van der Waals surface area (Å²) in [6, 6.07) is 0. The first-order chi connectivity index (χ1) is 9.20.